The Morgan fingerprint density at radius 2 is 2.19 bits per heavy atom. The highest BCUT2D eigenvalue weighted by molar-refractivity contribution is 6.09. The minimum atomic E-state index is -0.673. The maximum atomic E-state index is 12.3. The average Bonchev–Trinajstić information content (AvgIpc) is 3.16. The van der Waals surface area contributed by atoms with Crippen LogP contribution in [-0.4, -0.2) is 33.7 Å². The molecule has 26 heavy (non-hydrogen) atoms. The average molecular weight is 354 g/mol. The van der Waals surface area contributed by atoms with Crippen molar-refractivity contribution in [1.29, 1.82) is 5.26 Å². The Morgan fingerprint density at radius 3 is 2.88 bits per heavy atom. The Kier molecular flexibility index (Phi) is 6.88. The Labute approximate surface area is 150 Å². The van der Waals surface area contributed by atoms with Crippen LogP contribution < -0.4 is 10.6 Å². The lowest BCUT2D eigenvalue weighted by atomic mass is 10.1. The molecule has 1 aromatic carbocycles. The normalized spacial score (nSPS) is 10.7. The first kappa shape index (κ1) is 18.7. The van der Waals surface area contributed by atoms with E-state index >= 15 is 0 Å². The highest BCUT2D eigenvalue weighted by atomic mass is 16.5. The van der Waals surface area contributed by atoms with Crippen molar-refractivity contribution < 1.29 is 14.3 Å². The molecule has 0 saturated heterocycles. The van der Waals surface area contributed by atoms with Gasteiger partial charge in [0.25, 0.3) is 5.91 Å². The number of hydrogen-bond acceptors (Lipinski definition) is 7. The number of carbonyl (C=O) groups is 2. The summed E-state index contributed by atoms with van der Waals surface area (Å²) in [6, 6.07) is 8.23. The van der Waals surface area contributed by atoms with E-state index in [0.717, 1.165) is 12.8 Å². The van der Waals surface area contributed by atoms with Gasteiger partial charge in [-0.05, 0) is 18.6 Å². The largest absolute Gasteiger partial charge is 0.462 e. The molecule has 3 N–H and O–H groups in total. The van der Waals surface area contributed by atoms with E-state index < -0.39 is 11.9 Å². The summed E-state index contributed by atoms with van der Waals surface area (Å²) >= 11 is 0. The predicted molar refractivity (Wildman–Crippen MR) is 94.0 cm³/mol. The van der Waals surface area contributed by atoms with Crippen molar-refractivity contribution in [2.75, 3.05) is 17.2 Å². The summed E-state index contributed by atoms with van der Waals surface area (Å²) in [5.74, 6) is -0.921. The maximum Gasteiger partial charge on any atom is 0.340 e. The van der Waals surface area contributed by atoms with Crippen LogP contribution in [0.1, 0.15) is 30.1 Å². The van der Waals surface area contributed by atoms with E-state index in [9.17, 15) is 9.59 Å². The number of para-hydroxylation sites is 1. The SMILES string of the molecule is CCCCOC(=O)c1ccccc1NC(=O)/C(C#N)=C\Nc1ncn[nH]1. The lowest BCUT2D eigenvalue weighted by Crippen LogP contribution is -2.18. The number of ether oxygens (including phenoxy) is 1. The summed E-state index contributed by atoms with van der Waals surface area (Å²) in [6.45, 7) is 2.30. The lowest BCUT2D eigenvalue weighted by Gasteiger charge is -2.10. The molecule has 2 aromatic rings. The van der Waals surface area contributed by atoms with Crippen molar-refractivity contribution in [3.63, 3.8) is 0 Å². The molecule has 0 unspecified atom stereocenters. The lowest BCUT2D eigenvalue weighted by molar-refractivity contribution is -0.112. The van der Waals surface area contributed by atoms with Crippen molar-refractivity contribution >= 4 is 23.5 Å². The molecule has 1 aromatic heterocycles. The van der Waals surface area contributed by atoms with E-state index in [2.05, 4.69) is 25.8 Å². The van der Waals surface area contributed by atoms with E-state index in [0.29, 0.717) is 6.61 Å². The van der Waals surface area contributed by atoms with Crippen molar-refractivity contribution in [3.05, 3.63) is 47.9 Å². The number of nitrogens with one attached hydrogen (secondary N) is 3. The Hall–Kier alpha value is -3.67. The van der Waals surface area contributed by atoms with Crippen LogP contribution in [0.4, 0.5) is 11.6 Å². The van der Waals surface area contributed by atoms with Gasteiger partial charge >= 0.3 is 5.97 Å². The zero-order valence-corrected chi connectivity index (χ0v) is 14.2. The van der Waals surface area contributed by atoms with E-state index in [1.807, 2.05) is 6.92 Å². The topological polar surface area (TPSA) is 133 Å². The molecule has 0 atom stereocenters. The van der Waals surface area contributed by atoms with Crippen LogP contribution in [0.2, 0.25) is 0 Å². The van der Waals surface area contributed by atoms with Gasteiger partial charge in [0, 0.05) is 6.20 Å². The molecule has 0 aliphatic heterocycles. The molecule has 0 saturated carbocycles. The molecule has 9 heteroatoms. The number of aromatic nitrogens is 3. The van der Waals surface area contributed by atoms with Crippen LogP contribution in [0, 0.1) is 11.3 Å². The number of H-pyrrole nitrogens is 1. The molecule has 0 aliphatic carbocycles. The van der Waals surface area contributed by atoms with Gasteiger partial charge in [-0.25, -0.2) is 9.89 Å². The number of nitrogens with zero attached hydrogens (tertiary/aromatic N) is 3. The molecule has 0 spiro atoms. The molecule has 0 aliphatic rings. The summed E-state index contributed by atoms with van der Waals surface area (Å²) in [4.78, 5) is 28.3. The van der Waals surface area contributed by atoms with Gasteiger partial charge in [0.05, 0.1) is 17.9 Å². The molecular formula is C17H18N6O3. The van der Waals surface area contributed by atoms with Crippen LogP contribution in [-0.2, 0) is 9.53 Å². The second-order valence-electron chi connectivity index (χ2n) is 5.14. The summed E-state index contributed by atoms with van der Waals surface area (Å²) < 4.78 is 5.17. The number of rotatable bonds is 8. The van der Waals surface area contributed by atoms with Crippen LogP contribution in [0.3, 0.4) is 0 Å². The van der Waals surface area contributed by atoms with E-state index in [4.69, 9.17) is 10.00 Å². The Morgan fingerprint density at radius 1 is 1.38 bits per heavy atom. The van der Waals surface area contributed by atoms with Gasteiger partial charge in [0.15, 0.2) is 0 Å². The van der Waals surface area contributed by atoms with Gasteiger partial charge in [-0.2, -0.15) is 15.3 Å². The number of amides is 1. The monoisotopic (exact) mass is 354 g/mol. The summed E-state index contributed by atoms with van der Waals surface area (Å²) in [5.41, 5.74) is 0.285. The predicted octanol–water partition coefficient (Wildman–Crippen LogP) is 2.22. The van der Waals surface area contributed by atoms with Gasteiger partial charge in [-0.1, -0.05) is 25.5 Å². The smallest absolute Gasteiger partial charge is 0.340 e. The number of hydrogen-bond donors (Lipinski definition) is 3. The number of carbonyl (C=O) groups excluding carboxylic acids is 2. The molecule has 0 bridgehead atoms. The molecule has 134 valence electrons. The fraction of sp³-hybridized carbons (Fsp3) is 0.235. The quantitative estimate of drug-likeness (QED) is 0.286. The molecule has 2 rings (SSSR count). The number of esters is 1. The fourth-order valence-corrected chi connectivity index (χ4v) is 1.91. The number of nitriles is 1. The number of aromatic amines is 1. The van der Waals surface area contributed by atoms with Gasteiger partial charge < -0.3 is 15.4 Å². The van der Waals surface area contributed by atoms with Crippen molar-refractivity contribution in [3.8, 4) is 6.07 Å². The van der Waals surface area contributed by atoms with Crippen LogP contribution >= 0.6 is 0 Å². The third-order valence-electron chi connectivity index (χ3n) is 3.26. The summed E-state index contributed by atoms with van der Waals surface area (Å²) in [6.07, 6.45) is 4.13. The van der Waals surface area contributed by atoms with Crippen molar-refractivity contribution in [2.45, 2.75) is 19.8 Å². The third-order valence-corrected chi connectivity index (χ3v) is 3.26. The molecule has 1 heterocycles. The third kappa shape index (κ3) is 5.17. The van der Waals surface area contributed by atoms with Gasteiger partial charge in [0.2, 0.25) is 5.95 Å². The summed E-state index contributed by atoms with van der Waals surface area (Å²) in [7, 11) is 0. The second-order valence-corrected chi connectivity index (χ2v) is 5.14. The van der Waals surface area contributed by atoms with Crippen molar-refractivity contribution in [2.24, 2.45) is 0 Å². The van der Waals surface area contributed by atoms with Gasteiger partial charge in [-0.3, -0.25) is 4.79 Å². The first-order chi connectivity index (χ1) is 12.7. The molecule has 9 nitrogen and oxygen atoms in total. The highest BCUT2D eigenvalue weighted by Gasteiger charge is 2.16. The number of benzene rings is 1. The van der Waals surface area contributed by atoms with Gasteiger partial charge in [0.1, 0.15) is 18.0 Å². The van der Waals surface area contributed by atoms with Crippen LogP contribution in [0.5, 0.6) is 0 Å². The zero-order chi connectivity index (χ0) is 18.8. The molecule has 0 fully saturated rings. The zero-order valence-electron chi connectivity index (χ0n) is 14.2. The number of unbranched alkanes of at least 4 members (excludes halogenated alkanes) is 1. The molecule has 0 radical (unpaired) electrons. The fourth-order valence-electron chi connectivity index (χ4n) is 1.91. The number of anilines is 2. The van der Waals surface area contributed by atoms with Crippen LogP contribution in [0.15, 0.2) is 42.4 Å². The van der Waals surface area contributed by atoms with E-state index in [1.165, 1.54) is 12.5 Å². The minimum Gasteiger partial charge on any atom is -0.462 e. The standard InChI is InChI=1S/C17H18N6O3/c1-2-3-8-26-16(25)13-6-4-5-7-14(13)22-15(24)12(9-18)10-19-17-20-11-21-23-17/h4-7,10-11H,2-3,8H2,1H3,(H,22,24)(H2,19,20,21,23)/b12-10-. The first-order valence-electron chi connectivity index (χ1n) is 7.95. The summed E-state index contributed by atoms with van der Waals surface area (Å²) in [5, 5.41) is 20.5. The Bertz CT molecular complexity index is 823. The second kappa shape index (κ2) is 9.58. The Balaban J connectivity index is 2.09. The van der Waals surface area contributed by atoms with Gasteiger partial charge in [-0.15, -0.1) is 0 Å². The first-order valence-corrected chi connectivity index (χ1v) is 7.95. The van der Waals surface area contributed by atoms with Crippen LogP contribution in [0.25, 0.3) is 0 Å². The van der Waals surface area contributed by atoms with Crippen molar-refractivity contribution in [1.82, 2.24) is 15.2 Å². The van der Waals surface area contributed by atoms with E-state index in [1.54, 1.807) is 30.3 Å². The minimum absolute atomic E-state index is 0.199. The molecular weight excluding hydrogens is 336 g/mol. The van der Waals surface area contributed by atoms with E-state index in [-0.39, 0.29) is 22.8 Å². The molecule has 1 amide bonds. The maximum absolute atomic E-state index is 12.3. The highest BCUT2D eigenvalue weighted by Crippen LogP contribution is 2.17.